The molecule has 18 heavy (non-hydrogen) atoms. The highest BCUT2D eigenvalue weighted by Crippen LogP contribution is 2.18. The average molecular weight is 255 g/mol. The van der Waals surface area contributed by atoms with Crippen LogP contribution in [0.3, 0.4) is 0 Å². The van der Waals surface area contributed by atoms with E-state index in [2.05, 4.69) is 24.2 Å². The summed E-state index contributed by atoms with van der Waals surface area (Å²) in [7, 11) is 3.63. The Morgan fingerprint density at radius 3 is 2.72 bits per heavy atom. The molecule has 2 heterocycles. The van der Waals surface area contributed by atoms with Crippen LogP contribution in [0.1, 0.15) is 26.2 Å². The van der Waals surface area contributed by atoms with Gasteiger partial charge in [0, 0.05) is 37.8 Å². The zero-order valence-corrected chi connectivity index (χ0v) is 11.7. The van der Waals surface area contributed by atoms with Gasteiger partial charge in [-0.05, 0) is 33.2 Å². The van der Waals surface area contributed by atoms with Crippen molar-refractivity contribution in [3.05, 3.63) is 0 Å². The van der Waals surface area contributed by atoms with Crippen LogP contribution in [-0.4, -0.2) is 67.8 Å². The molecule has 2 aliphatic rings. The summed E-state index contributed by atoms with van der Waals surface area (Å²) in [4.78, 5) is 15.7. The second kappa shape index (κ2) is 5.89. The molecule has 3 atom stereocenters. The van der Waals surface area contributed by atoms with Gasteiger partial charge in [0.25, 0.3) is 0 Å². The normalized spacial score (nSPS) is 33.7. The third-order valence-corrected chi connectivity index (χ3v) is 4.21. The van der Waals surface area contributed by atoms with E-state index >= 15 is 0 Å². The summed E-state index contributed by atoms with van der Waals surface area (Å²) in [5.41, 5.74) is 0. The van der Waals surface area contributed by atoms with Gasteiger partial charge in [-0.15, -0.1) is 0 Å². The standard InChI is InChI=1S/C13H25N3O2/c1-10-7-12(8-15(10)2)14-11-5-4-6-16(9-11)13(17)18-3/h10-12,14H,4-9H2,1-3H3/t10-,11-,12-/m0/s1. The van der Waals surface area contributed by atoms with E-state index in [-0.39, 0.29) is 6.09 Å². The predicted octanol–water partition coefficient (Wildman–Crippen LogP) is 0.899. The topological polar surface area (TPSA) is 44.8 Å². The number of likely N-dealkylation sites (N-methyl/N-ethyl adjacent to an activating group) is 1. The highest BCUT2D eigenvalue weighted by atomic mass is 16.5. The molecule has 0 aromatic rings. The number of nitrogens with zero attached hydrogens (tertiary/aromatic N) is 2. The molecule has 5 heteroatoms. The van der Waals surface area contributed by atoms with Gasteiger partial charge in [0.05, 0.1) is 7.11 Å². The number of methoxy groups -OCH3 is 1. The van der Waals surface area contributed by atoms with Gasteiger partial charge in [-0.25, -0.2) is 4.79 Å². The van der Waals surface area contributed by atoms with Crippen LogP contribution in [0.4, 0.5) is 4.79 Å². The molecule has 5 nitrogen and oxygen atoms in total. The van der Waals surface area contributed by atoms with E-state index in [0.717, 1.165) is 32.5 Å². The van der Waals surface area contributed by atoms with Crippen LogP contribution >= 0.6 is 0 Å². The van der Waals surface area contributed by atoms with Crippen molar-refractivity contribution in [1.29, 1.82) is 0 Å². The van der Waals surface area contributed by atoms with E-state index in [1.807, 2.05) is 4.90 Å². The summed E-state index contributed by atoms with van der Waals surface area (Å²) in [6, 6.07) is 1.64. The smallest absolute Gasteiger partial charge is 0.409 e. The minimum absolute atomic E-state index is 0.196. The Labute approximate surface area is 109 Å². The Hall–Kier alpha value is -0.810. The van der Waals surface area contributed by atoms with Crippen molar-refractivity contribution in [1.82, 2.24) is 15.1 Å². The maximum absolute atomic E-state index is 11.5. The Bertz CT molecular complexity index is 288. The van der Waals surface area contributed by atoms with Gasteiger partial charge in [0.15, 0.2) is 0 Å². The van der Waals surface area contributed by atoms with Crippen LogP contribution < -0.4 is 5.32 Å². The molecule has 0 saturated carbocycles. The maximum atomic E-state index is 11.5. The molecule has 2 fully saturated rings. The van der Waals surface area contributed by atoms with E-state index in [1.54, 1.807) is 0 Å². The molecule has 0 aromatic heterocycles. The molecule has 2 aliphatic heterocycles. The third-order valence-electron chi connectivity index (χ3n) is 4.21. The van der Waals surface area contributed by atoms with Crippen molar-refractivity contribution in [3.8, 4) is 0 Å². The Kier molecular flexibility index (Phi) is 4.45. The zero-order chi connectivity index (χ0) is 13.1. The lowest BCUT2D eigenvalue weighted by atomic mass is 10.0. The third kappa shape index (κ3) is 3.14. The van der Waals surface area contributed by atoms with Gasteiger partial charge >= 0.3 is 6.09 Å². The first-order valence-electron chi connectivity index (χ1n) is 6.89. The molecular weight excluding hydrogens is 230 g/mol. The predicted molar refractivity (Wildman–Crippen MR) is 70.6 cm³/mol. The number of amides is 1. The number of nitrogens with one attached hydrogen (secondary N) is 1. The lowest BCUT2D eigenvalue weighted by Crippen LogP contribution is -2.51. The number of hydrogen-bond acceptors (Lipinski definition) is 4. The zero-order valence-electron chi connectivity index (χ0n) is 11.7. The quantitative estimate of drug-likeness (QED) is 0.796. The minimum atomic E-state index is -0.196. The van der Waals surface area contributed by atoms with E-state index < -0.39 is 0 Å². The second-order valence-corrected chi connectivity index (χ2v) is 5.64. The number of rotatable bonds is 2. The van der Waals surface area contributed by atoms with Crippen LogP contribution in [0, 0.1) is 0 Å². The molecule has 2 saturated heterocycles. The molecule has 1 N–H and O–H groups in total. The first-order chi connectivity index (χ1) is 8.60. The first-order valence-corrected chi connectivity index (χ1v) is 6.89. The van der Waals surface area contributed by atoms with E-state index in [9.17, 15) is 4.79 Å². The molecule has 0 aromatic carbocycles. The Morgan fingerprint density at radius 1 is 1.33 bits per heavy atom. The molecule has 0 spiro atoms. The van der Waals surface area contributed by atoms with Gasteiger partial charge < -0.3 is 19.9 Å². The number of likely N-dealkylation sites (tertiary alicyclic amines) is 2. The minimum Gasteiger partial charge on any atom is -0.453 e. The Balaban J connectivity index is 1.81. The van der Waals surface area contributed by atoms with Crippen LogP contribution in [0.15, 0.2) is 0 Å². The highest BCUT2D eigenvalue weighted by molar-refractivity contribution is 5.67. The van der Waals surface area contributed by atoms with E-state index in [4.69, 9.17) is 4.74 Å². The monoisotopic (exact) mass is 255 g/mol. The van der Waals surface area contributed by atoms with Crippen molar-refractivity contribution in [2.24, 2.45) is 0 Å². The SMILES string of the molecule is COC(=O)N1CCC[C@H](N[C@H]2C[C@H](C)N(C)C2)C1. The molecule has 104 valence electrons. The number of hydrogen-bond donors (Lipinski definition) is 1. The van der Waals surface area contributed by atoms with Gasteiger partial charge in [0.2, 0.25) is 0 Å². The summed E-state index contributed by atoms with van der Waals surface area (Å²) in [6.45, 7) is 4.98. The fourth-order valence-corrected chi connectivity index (χ4v) is 3.06. The van der Waals surface area contributed by atoms with Gasteiger partial charge in [0.1, 0.15) is 0 Å². The fraction of sp³-hybridized carbons (Fsp3) is 0.923. The Morgan fingerprint density at radius 2 is 2.11 bits per heavy atom. The maximum Gasteiger partial charge on any atom is 0.409 e. The molecule has 0 radical (unpaired) electrons. The number of carbonyl (C=O) groups excluding carboxylic acids is 1. The van der Waals surface area contributed by atoms with Crippen molar-refractivity contribution in [3.63, 3.8) is 0 Å². The molecule has 1 amide bonds. The summed E-state index contributed by atoms with van der Waals surface area (Å²) in [5, 5.41) is 3.70. The van der Waals surface area contributed by atoms with Crippen molar-refractivity contribution in [2.45, 2.75) is 44.3 Å². The van der Waals surface area contributed by atoms with E-state index in [0.29, 0.717) is 18.1 Å². The lowest BCUT2D eigenvalue weighted by Gasteiger charge is -2.33. The molecule has 0 bridgehead atoms. The van der Waals surface area contributed by atoms with E-state index in [1.165, 1.54) is 13.5 Å². The van der Waals surface area contributed by atoms with Gasteiger partial charge in [-0.2, -0.15) is 0 Å². The van der Waals surface area contributed by atoms with Gasteiger partial charge in [-0.3, -0.25) is 0 Å². The van der Waals surface area contributed by atoms with Crippen LogP contribution in [0.2, 0.25) is 0 Å². The molecular formula is C13H25N3O2. The average Bonchev–Trinajstić information content (AvgIpc) is 2.67. The van der Waals surface area contributed by atoms with Crippen LogP contribution in [0.25, 0.3) is 0 Å². The van der Waals surface area contributed by atoms with Crippen molar-refractivity contribution < 1.29 is 9.53 Å². The fourth-order valence-electron chi connectivity index (χ4n) is 3.06. The summed E-state index contributed by atoms with van der Waals surface area (Å²) in [6.07, 6.45) is 3.22. The van der Waals surface area contributed by atoms with Crippen LogP contribution in [-0.2, 0) is 4.74 Å². The number of piperidine rings is 1. The van der Waals surface area contributed by atoms with Crippen LogP contribution in [0.5, 0.6) is 0 Å². The number of ether oxygens (including phenoxy) is 1. The summed E-state index contributed by atoms with van der Waals surface area (Å²) < 4.78 is 4.79. The molecule has 0 aliphatic carbocycles. The van der Waals surface area contributed by atoms with Gasteiger partial charge in [-0.1, -0.05) is 0 Å². The summed E-state index contributed by atoms with van der Waals surface area (Å²) >= 11 is 0. The lowest BCUT2D eigenvalue weighted by molar-refractivity contribution is 0.106. The largest absolute Gasteiger partial charge is 0.453 e. The molecule has 0 unspecified atom stereocenters. The van der Waals surface area contributed by atoms with Crippen molar-refractivity contribution >= 4 is 6.09 Å². The second-order valence-electron chi connectivity index (χ2n) is 5.64. The first kappa shape index (κ1) is 13.6. The highest BCUT2D eigenvalue weighted by Gasteiger charge is 2.30. The molecule has 2 rings (SSSR count). The summed E-state index contributed by atoms with van der Waals surface area (Å²) in [5.74, 6) is 0. The van der Waals surface area contributed by atoms with Crippen molar-refractivity contribution in [2.75, 3.05) is 33.8 Å². The number of carbonyl (C=O) groups is 1.